The van der Waals surface area contributed by atoms with Gasteiger partial charge in [-0.05, 0) is 35.7 Å². The number of aliphatic hydroxyl groups is 1. The number of hydrogen-bond donors (Lipinski definition) is 2. The average molecular weight is 361 g/mol. The minimum absolute atomic E-state index is 0.0602. The third kappa shape index (κ3) is 3.42. The Labute approximate surface area is 147 Å². The van der Waals surface area contributed by atoms with E-state index in [1.165, 1.54) is 43.1 Å². The van der Waals surface area contributed by atoms with Crippen molar-refractivity contribution in [1.82, 2.24) is 5.32 Å². The van der Waals surface area contributed by atoms with E-state index in [1.807, 2.05) is 11.4 Å². The third-order valence-corrected chi connectivity index (χ3v) is 4.87. The molecule has 7 heteroatoms. The molecule has 0 radical (unpaired) electrons. The predicted molar refractivity (Wildman–Crippen MR) is 91.3 cm³/mol. The van der Waals surface area contributed by atoms with Gasteiger partial charge in [0.15, 0.2) is 11.6 Å². The lowest BCUT2D eigenvalue weighted by atomic mass is 9.94. The molecule has 3 aromatic rings. The van der Waals surface area contributed by atoms with Gasteiger partial charge >= 0.3 is 0 Å². The van der Waals surface area contributed by atoms with Crippen LogP contribution in [0.3, 0.4) is 0 Å². The maximum absolute atomic E-state index is 13.8. The molecule has 3 rings (SSSR count). The number of carbonyl (C=O) groups excluding carboxylic acids is 1. The second-order valence-corrected chi connectivity index (χ2v) is 6.33. The summed E-state index contributed by atoms with van der Waals surface area (Å²) in [6, 6.07) is 9.16. The van der Waals surface area contributed by atoms with Gasteiger partial charge in [0.1, 0.15) is 5.60 Å². The summed E-state index contributed by atoms with van der Waals surface area (Å²) in [5, 5.41) is 15.6. The van der Waals surface area contributed by atoms with Gasteiger partial charge in [-0.2, -0.15) is 0 Å². The summed E-state index contributed by atoms with van der Waals surface area (Å²) in [5.74, 6) is -1.07. The Morgan fingerprint density at radius 2 is 2.24 bits per heavy atom. The molecule has 0 saturated carbocycles. The standard InChI is InChI=1S/C18H16FNO4S/c1-23-15-5-4-12(9-14(15)19)17(21)20-11-18(22,13-6-7-24-10-13)16-3-2-8-25-16/h2-10,22H,11H2,1H3,(H,20,21)/t18-/m1/s1. The first-order valence-corrected chi connectivity index (χ1v) is 8.33. The molecule has 0 saturated heterocycles. The maximum Gasteiger partial charge on any atom is 0.251 e. The number of amides is 1. The van der Waals surface area contributed by atoms with Crippen molar-refractivity contribution < 1.29 is 23.4 Å². The highest BCUT2D eigenvalue weighted by Crippen LogP contribution is 2.32. The number of halogens is 1. The Bertz CT molecular complexity index is 812. The summed E-state index contributed by atoms with van der Waals surface area (Å²) in [5.41, 5.74) is -0.767. The van der Waals surface area contributed by atoms with Crippen molar-refractivity contribution in [2.75, 3.05) is 13.7 Å². The van der Waals surface area contributed by atoms with E-state index in [4.69, 9.17) is 9.15 Å². The number of thiophene rings is 1. The van der Waals surface area contributed by atoms with E-state index < -0.39 is 17.3 Å². The summed E-state index contributed by atoms with van der Waals surface area (Å²) in [7, 11) is 1.35. The van der Waals surface area contributed by atoms with E-state index in [9.17, 15) is 14.3 Å². The number of rotatable bonds is 6. The van der Waals surface area contributed by atoms with Gasteiger partial charge in [-0.3, -0.25) is 4.79 Å². The van der Waals surface area contributed by atoms with Crippen LogP contribution in [-0.2, 0) is 5.60 Å². The van der Waals surface area contributed by atoms with Crippen LogP contribution in [-0.4, -0.2) is 24.7 Å². The summed E-state index contributed by atoms with van der Waals surface area (Å²) in [4.78, 5) is 13.0. The Morgan fingerprint density at radius 1 is 1.40 bits per heavy atom. The molecule has 0 unspecified atom stereocenters. The summed E-state index contributed by atoms with van der Waals surface area (Å²) >= 11 is 1.36. The first-order valence-electron chi connectivity index (χ1n) is 7.45. The number of furan rings is 1. The highest BCUT2D eigenvalue weighted by Gasteiger charge is 2.34. The molecule has 0 aliphatic heterocycles. The number of nitrogens with one attached hydrogen (secondary N) is 1. The largest absolute Gasteiger partial charge is 0.494 e. The lowest BCUT2D eigenvalue weighted by Crippen LogP contribution is -2.41. The Morgan fingerprint density at radius 3 is 2.84 bits per heavy atom. The van der Waals surface area contributed by atoms with Crippen molar-refractivity contribution in [3.8, 4) is 5.75 Å². The van der Waals surface area contributed by atoms with Crippen LogP contribution in [0, 0.1) is 5.82 Å². The quantitative estimate of drug-likeness (QED) is 0.707. The van der Waals surface area contributed by atoms with Gasteiger partial charge in [-0.15, -0.1) is 11.3 Å². The molecular formula is C18H16FNO4S. The summed E-state index contributed by atoms with van der Waals surface area (Å²) in [6.07, 6.45) is 2.88. The molecular weight excluding hydrogens is 345 g/mol. The van der Waals surface area contributed by atoms with E-state index in [1.54, 1.807) is 12.1 Å². The maximum atomic E-state index is 13.8. The molecule has 2 N–H and O–H groups in total. The lowest BCUT2D eigenvalue weighted by Gasteiger charge is -2.26. The van der Waals surface area contributed by atoms with Gasteiger partial charge in [-0.1, -0.05) is 6.07 Å². The van der Waals surface area contributed by atoms with Gasteiger partial charge in [0.2, 0.25) is 0 Å². The summed E-state index contributed by atoms with van der Waals surface area (Å²) < 4.78 is 23.7. The predicted octanol–water partition coefficient (Wildman–Crippen LogP) is 3.15. The van der Waals surface area contributed by atoms with Gasteiger partial charge in [-0.25, -0.2) is 4.39 Å². The van der Waals surface area contributed by atoms with Gasteiger partial charge in [0, 0.05) is 16.0 Å². The molecule has 1 atom stereocenters. The molecule has 0 fully saturated rings. The summed E-state index contributed by atoms with van der Waals surface area (Å²) in [6.45, 7) is -0.0838. The van der Waals surface area contributed by atoms with E-state index >= 15 is 0 Å². The van der Waals surface area contributed by atoms with Crippen LogP contribution >= 0.6 is 11.3 Å². The number of ether oxygens (including phenoxy) is 1. The Balaban J connectivity index is 1.80. The topological polar surface area (TPSA) is 71.7 Å². The fraction of sp³-hybridized carbons (Fsp3) is 0.167. The molecule has 1 amide bonds. The van der Waals surface area contributed by atoms with Crippen molar-refractivity contribution in [2.45, 2.75) is 5.60 Å². The SMILES string of the molecule is COc1ccc(C(=O)NC[C@@](O)(c2ccoc2)c2cccs2)cc1F. The Hall–Kier alpha value is -2.64. The lowest BCUT2D eigenvalue weighted by molar-refractivity contribution is 0.0714. The minimum Gasteiger partial charge on any atom is -0.494 e. The van der Waals surface area contributed by atoms with Gasteiger partial charge < -0.3 is 19.6 Å². The van der Waals surface area contributed by atoms with Crippen LogP contribution in [0.25, 0.3) is 0 Å². The van der Waals surface area contributed by atoms with Crippen LogP contribution in [0.4, 0.5) is 4.39 Å². The molecule has 25 heavy (non-hydrogen) atoms. The van der Waals surface area contributed by atoms with Crippen molar-refractivity contribution >= 4 is 17.2 Å². The molecule has 130 valence electrons. The fourth-order valence-corrected chi connectivity index (χ4v) is 3.31. The fourth-order valence-electron chi connectivity index (χ4n) is 2.46. The molecule has 0 spiro atoms. The van der Waals surface area contributed by atoms with E-state index in [2.05, 4.69) is 5.32 Å². The van der Waals surface area contributed by atoms with Crippen molar-refractivity contribution in [3.63, 3.8) is 0 Å². The third-order valence-electron chi connectivity index (χ3n) is 3.85. The second-order valence-electron chi connectivity index (χ2n) is 5.38. The molecule has 0 bridgehead atoms. The molecule has 1 aromatic carbocycles. The molecule has 2 heterocycles. The molecule has 0 aliphatic rings. The highest BCUT2D eigenvalue weighted by atomic mass is 32.1. The van der Waals surface area contributed by atoms with Crippen LogP contribution in [0.15, 0.2) is 58.7 Å². The second kappa shape index (κ2) is 7.08. The zero-order valence-electron chi connectivity index (χ0n) is 13.4. The average Bonchev–Trinajstić information content (AvgIpc) is 3.33. The van der Waals surface area contributed by atoms with Crippen molar-refractivity contribution in [1.29, 1.82) is 0 Å². The van der Waals surface area contributed by atoms with E-state index in [-0.39, 0.29) is 17.9 Å². The number of hydrogen-bond acceptors (Lipinski definition) is 5. The van der Waals surface area contributed by atoms with Gasteiger partial charge in [0.25, 0.3) is 5.91 Å². The van der Waals surface area contributed by atoms with Crippen molar-refractivity contribution in [3.05, 3.63) is 76.1 Å². The number of benzene rings is 1. The molecule has 0 aliphatic carbocycles. The van der Waals surface area contributed by atoms with Crippen molar-refractivity contribution in [2.24, 2.45) is 0 Å². The van der Waals surface area contributed by atoms with Gasteiger partial charge in [0.05, 0.1) is 26.2 Å². The first kappa shape index (κ1) is 17.2. The smallest absolute Gasteiger partial charge is 0.251 e. The number of carbonyl (C=O) groups is 1. The minimum atomic E-state index is -1.43. The van der Waals surface area contributed by atoms with Crippen LogP contribution in [0.5, 0.6) is 5.75 Å². The highest BCUT2D eigenvalue weighted by molar-refractivity contribution is 7.10. The first-order chi connectivity index (χ1) is 12.0. The Kier molecular flexibility index (Phi) is 4.87. The van der Waals surface area contributed by atoms with Crippen LogP contribution in [0.2, 0.25) is 0 Å². The molecule has 5 nitrogen and oxygen atoms in total. The normalized spacial score (nSPS) is 13.2. The molecule has 2 aromatic heterocycles. The van der Waals surface area contributed by atoms with E-state index in [0.29, 0.717) is 10.4 Å². The van der Waals surface area contributed by atoms with E-state index in [0.717, 1.165) is 6.07 Å². The monoisotopic (exact) mass is 361 g/mol. The zero-order valence-corrected chi connectivity index (χ0v) is 14.2. The van der Waals surface area contributed by atoms with Crippen LogP contribution < -0.4 is 10.1 Å². The van der Waals surface area contributed by atoms with Crippen LogP contribution in [0.1, 0.15) is 20.8 Å². The number of methoxy groups -OCH3 is 1. The zero-order chi connectivity index (χ0) is 17.9.